The van der Waals surface area contributed by atoms with Crippen molar-refractivity contribution >= 4 is 50.7 Å². The minimum Gasteiger partial charge on any atom is -0.506 e. The van der Waals surface area contributed by atoms with E-state index in [1.165, 1.54) is 7.11 Å². The number of halogens is 1. The third-order valence-electron chi connectivity index (χ3n) is 4.44. The number of hydrogen-bond donors (Lipinski definition) is 1. The van der Waals surface area contributed by atoms with E-state index in [0.29, 0.717) is 32.0 Å². The average molecular weight is 542 g/mol. The Morgan fingerprint density at radius 2 is 2.00 bits per heavy atom. The van der Waals surface area contributed by atoms with E-state index in [-0.39, 0.29) is 29.6 Å². The molecule has 3 rings (SSSR count). The zero-order chi connectivity index (χ0) is 24.7. The minimum atomic E-state index is -0.771. The molecule has 34 heavy (non-hydrogen) atoms. The number of esters is 1. The minimum absolute atomic E-state index is 0.0519. The van der Waals surface area contributed by atoms with Crippen LogP contribution in [0.3, 0.4) is 0 Å². The second-order valence-electron chi connectivity index (χ2n) is 6.67. The van der Waals surface area contributed by atoms with Crippen LogP contribution >= 0.6 is 27.7 Å². The van der Waals surface area contributed by atoms with Crippen LogP contribution in [0.2, 0.25) is 0 Å². The molecular formula is C25H20BrNO6S. The van der Waals surface area contributed by atoms with Crippen LogP contribution in [0, 0.1) is 12.3 Å². The van der Waals surface area contributed by atoms with Gasteiger partial charge in [0.25, 0.3) is 5.91 Å². The van der Waals surface area contributed by atoms with Crippen LogP contribution in [0.5, 0.6) is 11.5 Å². The number of aliphatic hydroxyl groups is 1. The standard InChI is InChI=1S/C25H20BrNO6S/c1-4-11-33-22-17(26)12-15(13-18(22)31-3)14-19-21(28)20(25(30)32-5-2)24(34-19)27-23(29)16-9-7-6-8-10-16/h1,6-10,12-14,28H,5,11H2,2-3H3/b19-14-,27-24?. The Balaban J connectivity index is 2.03. The molecule has 0 saturated carbocycles. The smallest absolute Gasteiger partial charge is 0.344 e. The number of hydrogen-bond acceptors (Lipinski definition) is 7. The van der Waals surface area contributed by atoms with E-state index in [4.69, 9.17) is 20.6 Å². The van der Waals surface area contributed by atoms with Gasteiger partial charge in [0.2, 0.25) is 0 Å². The molecule has 9 heteroatoms. The summed E-state index contributed by atoms with van der Waals surface area (Å²) < 4.78 is 16.6. The van der Waals surface area contributed by atoms with E-state index in [1.807, 2.05) is 0 Å². The molecule has 0 atom stereocenters. The van der Waals surface area contributed by atoms with Gasteiger partial charge in [0.05, 0.1) is 23.1 Å². The van der Waals surface area contributed by atoms with Crippen LogP contribution in [0.4, 0.5) is 0 Å². The molecule has 0 aliphatic carbocycles. The van der Waals surface area contributed by atoms with Gasteiger partial charge in [0.1, 0.15) is 23.0 Å². The molecule has 1 aliphatic rings. The maximum absolute atomic E-state index is 12.6. The number of ether oxygens (including phenoxy) is 3. The Kier molecular flexibility index (Phi) is 8.57. The summed E-state index contributed by atoms with van der Waals surface area (Å²) in [5.74, 6) is 1.60. The van der Waals surface area contributed by atoms with Crippen molar-refractivity contribution in [3.63, 3.8) is 0 Å². The highest BCUT2D eigenvalue weighted by Gasteiger charge is 2.34. The molecule has 1 heterocycles. The number of amides is 1. The number of aliphatic hydroxyl groups excluding tert-OH is 1. The van der Waals surface area contributed by atoms with Crippen molar-refractivity contribution in [3.8, 4) is 23.8 Å². The highest BCUT2D eigenvalue weighted by Crippen LogP contribution is 2.42. The van der Waals surface area contributed by atoms with Crippen molar-refractivity contribution in [3.05, 3.63) is 74.3 Å². The first-order valence-electron chi connectivity index (χ1n) is 10.0. The van der Waals surface area contributed by atoms with Crippen molar-refractivity contribution in [2.75, 3.05) is 20.3 Å². The summed E-state index contributed by atoms with van der Waals surface area (Å²) in [6.45, 7) is 1.81. The Morgan fingerprint density at radius 1 is 1.26 bits per heavy atom. The summed E-state index contributed by atoms with van der Waals surface area (Å²) in [4.78, 5) is 29.6. The third kappa shape index (κ3) is 5.71. The Hall–Kier alpha value is -3.48. The highest BCUT2D eigenvalue weighted by molar-refractivity contribution is 9.10. The van der Waals surface area contributed by atoms with Crippen molar-refractivity contribution < 1.29 is 28.9 Å². The van der Waals surface area contributed by atoms with E-state index in [2.05, 4.69) is 26.8 Å². The average Bonchev–Trinajstić information content (AvgIpc) is 3.13. The largest absolute Gasteiger partial charge is 0.506 e. The molecular weight excluding hydrogens is 522 g/mol. The molecule has 0 bridgehead atoms. The van der Waals surface area contributed by atoms with Gasteiger partial charge in [0.15, 0.2) is 11.5 Å². The van der Waals surface area contributed by atoms with Crippen molar-refractivity contribution in [1.82, 2.24) is 0 Å². The maximum atomic E-state index is 12.6. The van der Waals surface area contributed by atoms with E-state index < -0.39 is 11.9 Å². The Labute approximate surface area is 209 Å². The lowest BCUT2D eigenvalue weighted by Crippen LogP contribution is -2.14. The molecule has 1 N–H and O–H groups in total. The predicted molar refractivity (Wildman–Crippen MR) is 135 cm³/mol. The quantitative estimate of drug-likeness (QED) is 0.381. The molecule has 2 aromatic carbocycles. The Bertz CT molecular complexity index is 1240. The van der Waals surface area contributed by atoms with Gasteiger partial charge in [-0.2, -0.15) is 0 Å². The molecule has 0 unspecified atom stereocenters. The van der Waals surface area contributed by atoms with Crippen molar-refractivity contribution in [1.29, 1.82) is 0 Å². The van der Waals surface area contributed by atoms with Gasteiger partial charge >= 0.3 is 5.97 Å². The lowest BCUT2D eigenvalue weighted by atomic mass is 10.1. The zero-order valence-electron chi connectivity index (χ0n) is 18.3. The summed E-state index contributed by atoms with van der Waals surface area (Å²) in [7, 11) is 1.49. The van der Waals surface area contributed by atoms with Gasteiger partial charge < -0.3 is 19.3 Å². The summed E-state index contributed by atoms with van der Waals surface area (Å²) in [5, 5.41) is 10.9. The molecule has 1 aliphatic heterocycles. The summed E-state index contributed by atoms with van der Waals surface area (Å²) in [5.41, 5.74) is 0.819. The fraction of sp³-hybridized carbons (Fsp3) is 0.160. The fourth-order valence-corrected chi connectivity index (χ4v) is 4.54. The molecule has 1 amide bonds. The normalized spacial score (nSPS) is 15.4. The number of aliphatic imine (C=N–C) groups is 1. The van der Waals surface area contributed by atoms with Gasteiger partial charge in [0, 0.05) is 5.56 Å². The van der Waals surface area contributed by atoms with E-state index in [9.17, 15) is 14.7 Å². The number of carbonyl (C=O) groups excluding carboxylic acids is 2. The highest BCUT2D eigenvalue weighted by atomic mass is 79.9. The number of carbonyl (C=O) groups is 2. The van der Waals surface area contributed by atoms with E-state index in [1.54, 1.807) is 55.5 Å². The molecule has 0 spiro atoms. The predicted octanol–water partition coefficient (Wildman–Crippen LogP) is 5.17. The van der Waals surface area contributed by atoms with Gasteiger partial charge in [-0.3, -0.25) is 4.79 Å². The number of benzene rings is 2. The number of rotatable bonds is 7. The first-order chi connectivity index (χ1) is 16.4. The maximum Gasteiger partial charge on any atom is 0.344 e. The zero-order valence-corrected chi connectivity index (χ0v) is 20.7. The van der Waals surface area contributed by atoms with Gasteiger partial charge in [-0.15, -0.1) is 6.42 Å². The molecule has 174 valence electrons. The van der Waals surface area contributed by atoms with Crippen LogP contribution in [-0.4, -0.2) is 42.4 Å². The topological polar surface area (TPSA) is 94.4 Å². The first kappa shape index (κ1) is 25.1. The lowest BCUT2D eigenvalue weighted by Gasteiger charge is -2.12. The van der Waals surface area contributed by atoms with Crippen LogP contribution in [0.25, 0.3) is 6.08 Å². The summed E-state index contributed by atoms with van der Waals surface area (Å²) in [6, 6.07) is 11.9. The molecule has 0 radical (unpaired) electrons. The van der Waals surface area contributed by atoms with E-state index >= 15 is 0 Å². The van der Waals surface area contributed by atoms with Gasteiger partial charge in [-0.25, -0.2) is 9.79 Å². The second kappa shape index (κ2) is 11.6. The molecule has 0 fully saturated rings. The third-order valence-corrected chi connectivity index (χ3v) is 6.05. The molecule has 2 aromatic rings. The molecule has 0 aromatic heterocycles. The van der Waals surface area contributed by atoms with Crippen LogP contribution in [-0.2, 0) is 9.53 Å². The summed E-state index contributed by atoms with van der Waals surface area (Å²) >= 11 is 4.42. The van der Waals surface area contributed by atoms with Crippen molar-refractivity contribution in [2.45, 2.75) is 6.92 Å². The SMILES string of the molecule is C#CCOc1c(Br)cc(/C=C2\SC(=NC(=O)c3ccccc3)C(C(=O)OCC)=C2O)cc1OC. The lowest BCUT2D eigenvalue weighted by molar-refractivity contribution is -0.138. The second-order valence-corrected chi connectivity index (χ2v) is 8.55. The molecule has 7 nitrogen and oxygen atoms in total. The van der Waals surface area contributed by atoms with Crippen LogP contribution in [0.15, 0.2) is 68.2 Å². The van der Waals surface area contributed by atoms with Crippen LogP contribution in [0.1, 0.15) is 22.8 Å². The fourth-order valence-electron chi connectivity index (χ4n) is 2.96. The monoisotopic (exact) mass is 541 g/mol. The number of thioether (sulfide) groups is 1. The number of nitrogens with zero attached hydrogens (tertiary/aromatic N) is 1. The van der Waals surface area contributed by atoms with Gasteiger partial charge in [-0.05, 0) is 58.8 Å². The number of terminal acetylenes is 1. The number of methoxy groups -OCH3 is 1. The van der Waals surface area contributed by atoms with Gasteiger partial charge in [-0.1, -0.05) is 35.9 Å². The Morgan fingerprint density at radius 3 is 2.65 bits per heavy atom. The summed E-state index contributed by atoms with van der Waals surface area (Å²) in [6.07, 6.45) is 6.90. The molecule has 0 saturated heterocycles. The van der Waals surface area contributed by atoms with Crippen molar-refractivity contribution in [2.24, 2.45) is 4.99 Å². The van der Waals surface area contributed by atoms with Crippen LogP contribution < -0.4 is 9.47 Å². The van der Waals surface area contributed by atoms with E-state index in [0.717, 1.165) is 11.8 Å². The first-order valence-corrected chi connectivity index (χ1v) is 11.6.